The number of para-hydroxylation sites is 1. The highest BCUT2D eigenvalue weighted by Gasteiger charge is 2.16. The molecule has 3 rings (SSSR count). The Bertz CT molecular complexity index is 1100. The van der Waals surface area contributed by atoms with Gasteiger partial charge in [0.1, 0.15) is 0 Å². The van der Waals surface area contributed by atoms with Crippen molar-refractivity contribution >= 4 is 40.0 Å². The normalized spacial score (nSPS) is 11.0. The van der Waals surface area contributed by atoms with Crippen LogP contribution in [0.15, 0.2) is 58.5 Å². The lowest BCUT2D eigenvalue weighted by atomic mass is 10.1. The molecule has 150 valence electrons. The van der Waals surface area contributed by atoms with Crippen molar-refractivity contribution in [3.05, 3.63) is 64.4 Å². The van der Waals surface area contributed by atoms with Gasteiger partial charge in [-0.2, -0.15) is 0 Å². The number of nitrogens with one attached hydrogen (secondary N) is 1. The van der Waals surface area contributed by atoms with Gasteiger partial charge in [-0.3, -0.25) is 19.0 Å². The third-order valence-corrected chi connectivity index (χ3v) is 5.39. The van der Waals surface area contributed by atoms with Gasteiger partial charge in [-0.1, -0.05) is 30.8 Å². The highest BCUT2D eigenvalue weighted by Crippen LogP contribution is 2.22. The Labute approximate surface area is 173 Å². The second-order valence-corrected chi connectivity index (χ2v) is 7.81. The lowest BCUT2D eigenvalue weighted by Crippen LogP contribution is -2.25. The fraction of sp³-hybridized carbons (Fsp3) is 0.273. The SMILES string of the molecule is CCC(=O)Nc1ccc(C(=O)CSc2nc3ccccc3c(=O)n2C(C)C)cc1. The minimum absolute atomic E-state index is 0.0684. The summed E-state index contributed by atoms with van der Waals surface area (Å²) < 4.78 is 1.63. The van der Waals surface area contributed by atoms with Crippen molar-refractivity contribution < 1.29 is 9.59 Å². The summed E-state index contributed by atoms with van der Waals surface area (Å²) in [5.41, 5.74) is 1.73. The van der Waals surface area contributed by atoms with Crippen molar-refractivity contribution in [3.63, 3.8) is 0 Å². The van der Waals surface area contributed by atoms with Crippen LogP contribution in [0.2, 0.25) is 0 Å². The number of carbonyl (C=O) groups is 2. The maximum absolute atomic E-state index is 12.8. The predicted molar refractivity (Wildman–Crippen MR) is 117 cm³/mol. The molecule has 1 N–H and O–H groups in total. The number of nitrogens with zero attached hydrogens (tertiary/aromatic N) is 2. The topological polar surface area (TPSA) is 81.1 Å². The van der Waals surface area contributed by atoms with Crippen LogP contribution < -0.4 is 10.9 Å². The van der Waals surface area contributed by atoms with Crippen LogP contribution in [0.1, 0.15) is 43.6 Å². The fourth-order valence-electron chi connectivity index (χ4n) is 2.88. The third kappa shape index (κ3) is 4.74. The summed E-state index contributed by atoms with van der Waals surface area (Å²) in [7, 11) is 0. The number of anilines is 1. The first-order valence-corrected chi connectivity index (χ1v) is 10.5. The molecule has 0 atom stereocenters. The maximum atomic E-state index is 12.8. The fourth-order valence-corrected chi connectivity index (χ4v) is 3.91. The Hall–Kier alpha value is -2.93. The predicted octanol–water partition coefficient (Wildman–Crippen LogP) is 4.30. The Morgan fingerprint density at radius 2 is 1.79 bits per heavy atom. The second-order valence-electron chi connectivity index (χ2n) is 6.87. The lowest BCUT2D eigenvalue weighted by Gasteiger charge is -2.16. The molecule has 0 aliphatic heterocycles. The summed E-state index contributed by atoms with van der Waals surface area (Å²) in [6, 6.07) is 14.0. The molecule has 29 heavy (non-hydrogen) atoms. The van der Waals surface area contributed by atoms with Crippen LogP contribution in [0.3, 0.4) is 0 Å². The summed E-state index contributed by atoms with van der Waals surface area (Å²) in [5, 5.41) is 3.86. The number of thioether (sulfide) groups is 1. The van der Waals surface area contributed by atoms with E-state index in [2.05, 4.69) is 10.3 Å². The van der Waals surface area contributed by atoms with Crippen LogP contribution in [-0.4, -0.2) is 27.0 Å². The molecule has 0 saturated heterocycles. The van der Waals surface area contributed by atoms with E-state index in [1.165, 1.54) is 11.8 Å². The van der Waals surface area contributed by atoms with Gasteiger partial charge < -0.3 is 5.32 Å². The smallest absolute Gasteiger partial charge is 0.262 e. The van der Waals surface area contributed by atoms with E-state index in [1.807, 2.05) is 26.0 Å². The Kier molecular flexibility index (Phi) is 6.49. The number of carbonyl (C=O) groups excluding carboxylic acids is 2. The van der Waals surface area contributed by atoms with Crippen molar-refractivity contribution in [2.24, 2.45) is 0 Å². The second kappa shape index (κ2) is 9.05. The molecule has 0 radical (unpaired) electrons. The molecule has 0 saturated carbocycles. The van der Waals surface area contributed by atoms with Crippen LogP contribution in [0, 0.1) is 0 Å². The van der Waals surface area contributed by atoms with Gasteiger partial charge in [-0.15, -0.1) is 0 Å². The number of hydrogen-bond acceptors (Lipinski definition) is 5. The Morgan fingerprint density at radius 3 is 2.45 bits per heavy atom. The monoisotopic (exact) mass is 409 g/mol. The molecular weight excluding hydrogens is 386 g/mol. The van der Waals surface area contributed by atoms with Crippen LogP contribution in [0.25, 0.3) is 10.9 Å². The van der Waals surface area contributed by atoms with Crippen LogP contribution >= 0.6 is 11.8 Å². The zero-order valence-electron chi connectivity index (χ0n) is 16.6. The molecule has 0 bridgehead atoms. The number of Topliss-reactive ketones (excluding diaryl/α,β-unsaturated/α-hetero) is 1. The first-order valence-electron chi connectivity index (χ1n) is 9.48. The van der Waals surface area contributed by atoms with Crippen molar-refractivity contribution in [2.45, 2.75) is 38.4 Å². The van der Waals surface area contributed by atoms with Gasteiger partial charge in [0, 0.05) is 23.7 Å². The van der Waals surface area contributed by atoms with Crippen molar-refractivity contribution in [3.8, 4) is 0 Å². The first kappa shape index (κ1) is 20.8. The summed E-state index contributed by atoms with van der Waals surface area (Å²) in [5.74, 6) is 0.0211. The molecule has 7 heteroatoms. The van der Waals surface area contributed by atoms with Crippen LogP contribution in [0.5, 0.6) is 0 Å². The van der Waals surface area contributed by atoms with Gasteiger partial charge in [0.05, 0.1) is 16.7 Å². The van der Waals surface area contributed by atoms with Crippen molar-refractivity contribution in [1.29, 1.82) is 0 Å². The molecule has 0 unspecified atom stereocenters. The number of benzene rings is 2. The van der Waals surface area contributed by atoms with Gasteiger partial charge in [0.25, 0.3) is 5.56 Å². The molecule has 3 aromatic rings. The molecule has 2 aromatic carbocycles. The van der Waals surface area contributed by atoms with Gasteiger partial charge >= 0.3 is 0 Å². The van der Waals surface area contributed by atoms with E-state index in [9.17, 15) is 14.4 Å². The quantitative estimate of drug-likeness (QED) is 0.357. The highest BCUT2D eigenvalue weighted by atomic mass is 32.2. The van der Waals surface area contributed by atoms with Crippen molar-refractivity contribution in [2.75, 3.05) is 11.1 Å². The van der Waals surface area contributed by atoms with E-state index in [0.29, 0.717) is 33.7 Å². The van der Waals surface area contributed by atoms with Gasteiger partial charge in [-0.25, -0.2) is 4.98 Å². The van der Waals surface area contributed by atoms with E-state index in [4.69, 9.17) is 0 Å². The number of hydrogen-bond donors (Lipinski definition) is 1. The number of aromatic nitrogens is 2. The largest absolute Gasteiger partial charge is 0.326 e. The van der Waals surface area contributed by atoms with E-state index < -0.39 is 0 Å². The van der Waals surface area contributed by atoms with Gasteiger partial charge in [-0.05, 0) is 50.2 Å². The average Bonchev–Trinajstić information content (AvgIpc) is 2.72. The van der Waals surface area contributed by atoms with Crippen LogP contribution in [-0.2, 0) is 4.79 Å². The summed E-state index contributed by atoms with van der Waals surface area (Å²) in [6.45, 7) is 5.63. The zero-order chi connectivity index (χ0) is 21.0. The summed E-state index contributed by atoms with van der Waals surface area (Å²) >= 11 is 1.26. The standard InChI is InChI=1S/C22H23N3O3S/c1-4-20(27)23-16-11-9-15(10-12-16)19(26)13-29-22-24-18-8-6-5-7-17(18)21(28)25(22)14(2)3/h5-12,14H,4,13H2,1-3H3,(H,23,27). The molecule has 0 spiro atoms. The molecule has 0 aliphatic rings. The number of amides is 1. The third-order valence-electron chi connectivity index (χ3n) is 4.44. The number of fused-ring (bicyclic) bond motifs is 1. The first-order chi connectivity index (χ1) is 13.9. The van der Waals surface area contributed by atoms with E-state index in [-0.39, 0.29) is 29.0 Å². The summed E-state index contributed by atoms with van der Waals surface area (Å²) in [4.78, 5) is 41.5. The van der Waals surface area contributed by atoms with Gasteiger partial charge in [0.15, 0.2) is 10.9 Å². The van der Waals surface area contributed by atoms with E-state index in [0.717, 1.165) is 0 Å². The highest BCUT2D eigenvalue weighted by molar-refractivity contribution is 7.99. The molecule has 0 fully saturated rings. The van der Waals surface area contributed by atoms with E-state index >= 15 is 0 Å². The van der Waals surface area contributed by atoms with Crippen molar-refractivity contribution in [1.82, 2.24) is 9.55 Å². The maximum Gasteiger partial charge on any atom is 0.262 e. The zero-order valence-corrected chi connectivity index (χ0v) is 17.5. The van der Waals surface area contributed by atoms with E-state index in [1.54, 1.807) is 47.9 Å². The minimum Gasteiger partial charge on any atom is -0.326 e. The molecular formula is C22H23N3O3S. The minimum atomic E-state index is -0.100. The molecule has 6 nitrogen and oxygen atoms in total. The summed E-state index contributed by atoms with van der Waals surface area (Å²) in [6.07, 6.45) is 0.396. The number of ketones is 1. The Balaban J connectivity index is 1.79. The Morgan fingerprint density at radius 1 is 1.10 bits per heavy atom. The molecule has 1 amide bonds. The average molecular weight is 410 g/mol. The number of rotatable bonds is 7. The lowest BCUT2D eigenvalue weighted by molar-refractivity contribution is -0.115. The van der Waals surface area contributed by atoms with Gasteiger partial charge in [0.2, 0.25) is 5.91 Å². The molecule has 0 aliphatic carbocycles. The molecule has 1 aromatic heterocycles. The van der Waals surface area contributed by atoms with Crippen LogP contribution in [0.4, 0.5) is 5.69 Å². The molecule has 1 heterocycles.